The summed E-state index contributed by atoms with van der Waals surface area (Å²) in [6.45, 7) is 1.44. The maximum Gasteiger partial charge on any atom is 0.248 e. The fourth-order valence-electron chi connectivity index (χ4n) is 2.95. The number of benzene rings is 2. The van der Waals surface area contributed by atoms with E-state index in [1.807, 2.05) is 0 Å². The highest BCUT2D eigenvalue weighted by Crippen LogP contribution is 2.25. The predicted molar refractivity (Wildman–Crippen MR) is 113 cm³/mol. The van der Waals surface area contributed by atoms with Gasteiger partial charge in [0.05, 0.1) is 32.3 Å². The zero-order valence-electron chi connectivity index (χ0n) is 16.8. The molecule has 0 spiro atoms. The van der Waals surface area contributed by atoms with E-state index in [2.05, 4.69) is 5.32 Å². The highest BCUT2D eigenvalue weighted by molar-refractivity contribution is 7.89. The van der Waals surface area contributed by atoms with Crippen LogP contribution in [0.3, 0.4) is 0 Å². The Morgan fingerprint density at radius 2 is 1.77 bits per heavy atom. The highest BCUT2D eigenvalue weighted by Gasteiger charge is 2.26. The van der Waals surface area contributed by atoms with Crippen molar-refractivity contribution in [3.05, 3.63) is 54.1 Å². The predicted octanol–water partition coefficient (Wildman–Crippen LogP) is 2.38. The molecule has 0 unspecified atom stereocenters. The van der Waals surface area contributed by atoms with Crippen LogP contribution in [0, 0.1) is 0 Å². The lowest BCUT2D eigenvalue weighted by Gasteiger charge is -2.26. The third-order valence-corrected chi connectivity index (χ3v) is 6.50. The highest BCUT2D eigenvalue weighted by atomic mass is 32.2. The van der Waals surface area contributed by atoms with Crippen LogP contribution in [0.5, 0.6) is 11.5 Å². The van der Waals surface area contributed by atoms with Crippen molar-refractivity contribution in [3.8, 4) is 11.5 Å². The Labute approximate surface area is 176 Å². The van der Waals surface area contributed by atoms with Gasteiger partial charge in [-0.3, -0.25) is 4.79 Å². The van der Waals surface area contributed by atoms with Crippen LogP contribution in [-0.4, -0.2) is 59.2 Å². The van der Waals surface area contributed by atoms with Crippen LogP contribution in [-0.2, 0) is 19.6 Å². The summed E-state index contributed by atoms with van der Waals surface area (Å²) in [5.41, 5.74) is 1.22. The third kappa shape index (κ3) is 5.18. The zero-order chi connectivity index (χ0) is 21.6. The SMILES string of the molecule is COc1ccc(/C=C/C(=O)Nc2ccc(S(=O)(=O)N3CCOCC3)cc2)c(OC)c1. The number of hydrogen-bond acceptors (Lipinski definition) is 6. The Kier molecular flexibility index (Phi) is 7.09. The number of rotatable bonds is 7. The molecular formula is C21H24N2O6S. The minimum atomic E-state index is -3.56. The second-order valence-corrected chi connectivity index (χ2v) is 8.41. The van der Waals surface area contributed by atoms with E-state index in [1.165, 1.54) is 22.5 Å². The van der Waals surface area contributed by atoms with Gasteiger partial charge in [-0.05, 0) is 42.5 Å². The molecule has 3 rings (SSSR count). The molecule has 1 saturated heterocycles. The van der Waals surface area contributed by atoms with E-state index in [-0.39, 0.29) is 10.8 Å². The maximum atomic E-state index is 12.6. The topological polar surface area (TPSA) is 94.2 Å². The van der Waals surface area contributed by atoms with Crippen molar-refractivity contribution in [2.24, 2.45) is 0 Å². The van der Waals surface area contributed by atoms with Crippen LogP contribution in [0.25, 0.3) is 6.08 Å². The molecule has 1 aliphatic rings. The van der Waals surface area contributed by atoms with Gasteiger partial charge in [-0.1, -0.05) is 0 Å². The van der Waals surface area contributed by atoms with Gasteiger partial charge in [-0.25, -0.2) is 8.42 Å². The van der Waals surface area contributed by atoms with E-state index in [1.54, 1.807) is 50.6 Å². The van der Waals surface area contributed by atoms with Crippen molar-refractivity contribution in [2.45, 2.75) is 4.90 Å². The molecular weight excluding hydrogens is 408 g/mol. The summed E-state index contributed by atoms with van der Waals surface area (Å²) in [6.07, 6.45) is 3.01. The van der Waals surface area contributed by atoms with E-state index < -0.39 is 10.0 Å². The molecule has 0 aliphatic carbocycles. The molecule has 1 heterocycles. The molecule has 1 amide bonds. The van der Waals surface area contributed by atoms with Crippen LogP contribution in [0.4, 0.5) is 5.69 Å². The number of morpholine rings is 1. The molecule has 0 radical (unpaired) electrons. The smallest absolute Gasteiger partial charge is 0.248 e. The number of sulfonamides is 1. The standard InChI is InChI=1S/C21H24N2O6S/c1-27-18-7-3-16(20(15-18)28-2)4-10-21(24)22-17-5-8-19(9-6-17)30(25,26)23-11-13-29-14-12-23/h3-10,15H,11-14H2,1-2H3,(H,22,24)/b10-4+. The number of nitrogens with one attached hydrogen (secondary N) is 1. The number of amides is 1. The van der Waals surface area contributed by atoms with Crippen LogP contribution in [0.1, 0.15) is 5.56 Å². The molecule has 0 saturated carbocycles. The summed E-state index contributed by atoms with van der Waals surface area (Å²) in [7, 11) is -0.459. The Hall–Kier alpha value is -2.88. The summed E-state index contributed by atoms with van der Waals surface area (Å²) < 4.78 is 42.3. The largest absolute Gasteiger partial charge is 0.497 e. The first-order valence-corrected chi connectivity index (χ1v) is 10.8. The van der Waals surface area contributed by atoms with Crippen LogP contribution < -0.4 is 14.8 Å². The Bertz CT molecular complexity index is 1010. The van der Waals surface area contributed by atoms with Gasteiger partial charge in [0.15, 0.2) is 0 Å². The second kappa shape index (κ2) is 9.75. The first-order valence-electron chi connectivity index (χ1n) is 9.33. The molecule has 0 atom stereocenters. The van der Waals surface area contributed by atoms with Crippen molar-refractivity contribution in [2.75, 3.05) is 45.8 Å². The lowest BCUT2D eigenvalue weighted by atomic mass is 10.1. The molecule has 0 aromatic heterocycles. The summed E-state index contributed by atoms with van der Waals surface area (Å²) in [6, 6.07) is 11.4. The van der Waals surface area contributed by atoms with Gasteiger partial charge in [-0.15, -0.1) is 0 Å². The lowest BCUT2D eigenvalue weighted by molar-refractivity contribution is -0.111. The second-order valence-electron chi connectivity index (χ2n) is 6.47. The Balaban J connectivity index is 1.65. The number of ether oxygens (including phenoxy) is 3. The van der Waals surface area contributed by atoms with Gasteiger partial charge in [0, 0.05) is 36.5 Å². The van der Waals surface area contributed by atoms with E-state index in [0.29, 0.717) is 43.5 Å². The first-order chi connectivity index (χ1) is 14.4. The van der Waals surface area contributed by atoms with Crippen molar-refractivity contribution < 1.29 is 27.4 Å². The quantitative estimate of drug-likeness (QED) is 0.675. The van der Waals surface area contributed by atoms with E-state index in [0.717, 1.165) is 5.56 Å². The molecule has 1 fully saturated rings. The van der Waals surface area contributed by atoms with Gasteiger partial charge < -0.3 is 19.5 Å². The van der Waals surface area contributed by atoms with Gasteiger partial charge in [-0.2, -0.15) is 4.31 Å². The summed E-state index contributed by atoms with van der Waals surface area (Å²) in [5.74, 6) is 0.883. The number of methoxy groups -OCH3 is 2. The summed E-state index contributed by atoms with van der Waals surface area (Å²) in [5, 5.41) is 2.71. The van der Waals surface area contributed by atoms with E-state index in [9.17, 15) is 13.2 Å². The minimum Gasteiger partial charge on any atom is -0.497 e. The molecule has 9 heteroatoms. The molecule has 160 valence electrons. The normalized spacial score (nSPS) is 15.1. The summed E-state index contributed by atoms with van der Waals surface area (Å²) in [4.78, 5) is 12.4. The van der Waals surface area contributed by atoms with Crippen molar-refractivity contribution in [1.29, 1.82) is 0 Å². The minimum absolute atomic E-state index is 0.181. The van der Waals surface area contributed by atoms with Crippen molar-refractivity contribution >= 4 is 27.7 Å². The molecule has 30 heavy (non-hydrogen) atoms. The molecule has 1 N–H and O–H groups in total. The number of anilines is 1. The molecule has 2 aromatic rings. The summed E-state index contributed by atoms with van der Waals surface area (Å²) >= 11 is 0. The fourth-order valence-corrected chi connectivity index (χ4v) is 4.36. The van der Waals surface area contributed by atoms with Crippen LogP contribution in [0.15, 0.2) is 53.4 Å². The average molecular weight is 432 g/mol. The molecule has 0 bridgehead atoms. The van der Waals surface area contributed by atoms with E-state index >= 15 is 0 Å². The average Bonchev–Trinajstić information content (AvgIpc) is 2.78. The van der Waals surface area contributed by atoms with Crippen molar-refractivity contribution in [3.63, 3.8) is 0 Å². The van der Waals surface area contributed by atoms with Crippen LogP contribution in [0.2, 0.25) is 0 Å². The van der Waals surface area contributed by atoms with Crippen molar-refractivity contribution in [1.82, 2.24) is 4.31 Å². The Morgan fingerprint density at radius 1 is 1.07 bits per heavy atom. The monoisotopic (exact) mass is 432 g/mol. The van der Waals surface area contributed by atoms with Gasteiger partial charge in [0.2, 0.25) is 15.9 Å². The molecule has 8 nitrogen and oxygen atoms in total. The lowest BCUT2D eigenvalue weighted by Crippen LogP contribution is -2.40. The fraction of sp³-hybridized carbons (Fsp3) is 0.286. The first kappa shape index (κ1) is 21.8. The maximum absolute atomic E-state index is 12.6. The number of hydrogen-bond donors (Lipinski definition) is 1. The number of nitrogens with zero attached hydrogens (tertiary/aromatic N) is 1. The number of carbonyl (C=O) groups is 1. The molecule has 2 aromatic carbocycles. The Morgan fingerprint density at radius 3 is 2.40 bits per heavy atom. The third-order valence-electron chi connectivity index (χ3n) is 4.58. The van der Waals surface area contributed by atoms with E-state index in [4.69, 9.17) is 14.2 Å². The van der Waals surface area contributed by atoms with Gasteiger partial charge in [0.25, 0.3) is 0 Å². The van der Waals surface area contributed by atoms with Crippen LogP contribution >= 0.6 is 0 Å². The van der Waals surface area contributed by atoms with Gasteiger partial charge in [0.1, 0.15) is 11.5 Å². The van der Waals surface area contributed by atoms with Gasteiger partial charge >= 0.3 is 0 Å². The molecule has 1 aliphatic heterocycles. The number of carbonyl (C=O) groups excluding carboxylic acids is 1. The zero-order valence-corrected chi connectivity index (χ0v) is 17.6.